The number of hydrogen-bond acceptors (Lipinski definition) is 4. The molecule has 1 aromatic carbocycles. The van der Waals surface area contributed by atoms with Gasteiger partial charge in [-0.1, -0.05) is 12.1 Å². The Hall–Kier alpha value is -1.10. The Balaban J connectivity index is 2.52. The molecule has 4 nitrogen and oxygen atoms in total. The summed E-state index contributed by atoms with van der Waals surface area (Å²) in [6.45, 7) is 7.31. The Labute approximate surface area is 115 Å². The van der Waals surface area contributed by atoms with Crippen LogP contribution in [0.1, 0.15) is 26.3 Å². The van der Waals surface area contributed by atoms with Crippen molar-refractivity contribution in [3.63, 3.8) is 0 Å². The molecule has 0 aliphatic rings. The van der Waals surface area contributed by atoms with Crippen molar-refractivity contribution >= 4 is 5.69 Å². The lowest BCUT2D eigenvalue weighted by Gasteiger charge is -2.27. The second-order valence-electron chi connectivity index (χ2n) is 5.27. The molecule has 0 spiro atoms. The summed E-state index contributed by atoms with van der Waals surface area (Å²) in [7, 11) is 1.66. The number of nitrogens with one attached hydrogen (secondary N) is 1. The molecule has 1 aromatic rings. The number of rotatable bonds is 8. The molecule has 1 rings (SSSR count). The van der Waals surface area contributed by atoms with Crippen LogP contribution in [0, 0.1) is 0 Å². The van der Waals surface area contributed by atoms with E-state index in [9.17, 15) is 5.11 Å². The van der Waals surface area contributed by atoms with E-state index in [1.165, 1.54) is 0 Å². The van der Waals surface area contributed by atoms with Gasteiger partial charge in [0.05, 0.1) is 31.5 Å². The molecule has 0 aliphatic heterocycles. The maximum Gasteiger partial charge on any atom is 0.0789 e. The highest BCUT2D eigenvalue weighted by molar-refractivity contribution is 5.46. The van der Waals surface area contributed by atoms with Crippen LogP contribution in [0.5, 0.6) is 0 Å². The summed E-state index contributed by atoms with van der Waals surface area (Å²) in [5.41, 5.74) is 1.33. The number of hydrogen-bond donors (Lipinski definition) is 2. The van der Waals surface area contributed by atoms with Gasteiger partial charge >= 0.3 is 0 Å². The Bertz CT molecular complexity index is 374. The van der Waals surface area contributed by atoms with Crippen molar-refractivity contribution in [3.05, 3.63) is 29.8 Å². The molecule has 1 unspecified atom stereocenters. The highest BCUT2D eigenvalue weighted by Crippen LogP contribution is 2.17. The van der Waals surface area contributed by atoms with Crippen LogP contribution < -0.4 is 5.32 Å². The fraction of sp³-hybridized carbons (Fsp3) is 0.600. The normalized spacial score (nSPS) is 13.3. The number of methoxy groups -OCH3 is 1. The van der Waals surface area contributed by atoms with Gasteiger partial charge in [0.25, 0.3) is 0 Å². The van der Waals surface area contributed by atoms with Gasteiger partial charge in [0, 0.05) is 12.8 Å². The first-order valence-corrected chi connectivity index (χ1v) is 6.58. The molecule has 1 atom stereocenters. The maximum absolute atomic E-state index is 9.92. The van der Waals surface area contributed by atoms with Gasteiger partial charge in [0.15, 0.2) is 0 Å². The van der Waals surface area contributed by atoms with Crippen molar-refractivity contribution in [2.45, 2.75) is 39.0 Å². The molecule has 0 saturated heterocycles. The van der Waals surface area contributed by atoms with Crippen LogP contribution in [-0.4, -0.2) is 37.1 Å². The zero-order chi connectivity index (χ0) is 14.3. The van der Waals surface area contributed by atoms with E-state index in [-0.39, 0.29) is 6.04 Å². The first-order chi connectivity index (χ1) is 8.93. The van der Waals surface area contributed by atoms with E-state index >= 15 is 0 Å². The Morgan fingerprint density at radius 3 is 2.68 bits per heavy atom. The predicted octanol–water partition coefficient (Wildman–Crippen LogP) is 2.42. The molecule has 0 amide bonds. The molecule has 0 bridgehead atoms. The van der Waals surface area contributed by atoms with Gasteiger partial charge in [0.2, 0.25) is 0 Å². The summed E-state index contributed by atoms with van der Waals surface area (Å²) >= 11 is 0. The van der Waals surface area contributed by atoms with Crippen LogP contribution in [0.15, 0.2) is 24.3 Å². The number of anilines is 1. The summed E-state index contributed by atoms with van der Waals surface area (Å²) in [6, 6.07) is 7.99. The lowest BCUT2D eigenvalue weighted by Crippen LogP contribution is -2.39. The van der Waals surface area contributed by atoms with Crippen LogP contribution in [0.4, 0.5) is 5.69 Å². The van der Waals surface area contributed by atoms with Crippen LogP contribution in [-0.2, 0) is 16.1 Å². The summed E-state index contributed by atoms with van der Waals surface area (Å²) in [5, 5.41) is 13.2. The van der Waals surface area contributed by atoms with Gasteiger partial charge in [-0.3, -0.25) is 0 Å². The number of benzene rings is 1. The molecule has 0 aliphatic carbocycles. The summed E-state index contributed by atoms with van der Waals surface area (Å²) in [6.07, 6.45) is 0. The average molecular weight is 267 g/mol. The molecule has 108 valence electrons. The van der Waals surface area contributed by atoms with Crippen molar-refractivity contribution in [1.82, 2.24) is 0 Å². The Kier molecular flexibility index (Phi) is 6.28. The highest BCUT2D eigenvalue weighted by atomic mass is 16.5. The molecule has 2 N–H and O–H groups in total. The number of ether oxygens (including phenoxy) is 2. The lowest BCUT2D eigenvalue weighted by molar-refractivity contribution is 0.0615. The quantitative estimate of drug-likeness (QED) is 0.710. The van der Waals surface area contributed by atoms with E-state index in [4.69, 9.17) is 9.47 Å². The topological polar surface area (TPSA) is 50.7 Å². The molecule has 19 heavy (non-hydrogen) atoms. The minimum Gasteiger partial charge on any atom is -0.388 e. The molecule has 0 aromatic heterocycles. The summed E-state index contributed by atoms with van der Waals surface area (Å²) in [4.78, 5) is 0. The molecular formula is C15H25NO3. The van der Waals surface area contributed by atoms with Crippen molar-refractivity contribution in [1.29, 1.82) is 0 Å². The van der Waals surface area contributed by atoms with Crippen molar-refractivity contribution in [2.75, 3.05) is 25.6 Å². The standard InChI is InChI=1S/C15H25NO3/c1-12(15(2,3)17)16-14-7-5-6-13(10-14)11-19-9-8-18-4/h5-7,10,12,16-17H,8-9,11H2,1-4H3. The van der Waals surface area contributed by atoms with Gasteiger partial charge in [-0.2, -0.15) is 0 Å². The first-order valence-electron chi connectivity index (χ1n) is 6.58. The first kappa shape index (κ1) is 16.0. The van der Waals surface area contributed by atoms with E-state index < -0.39 is 5.60 Å². The van der Waals surface area contributed by atoms with Crippen molar-refractivity contribution in [3.8, 4) is 0 Å². The minimum absolute atomic E-state index is 0.0304. The third-order valence-corrected chi connectivity index (χ3v) is 3.07. The number of aliphatic hydroxyl groups is 1. The van der Waals surface area contributed by atoms with Crippen molar-refractivity contribution in [2.24, 2.45) is 0 Å². The SMILES string of the molecule is COCCOCc1cccc(NC(C)C(C)(C)O)c1. The minimum atomic E-state index is -0.759. The highest BCUT2D eigenvalue weighted by Gasteiger charge is 2.21. The Morgan fingerprint density at radius 2 is 2.05 bits per heavy atom. The van der Waals surface area contributed by atoms with E-state index in [0.717, 1.165) is 11.3 Å². The molecule has 0 saturated carbocycles. The van der Waals surface area contributed by atoms with E-state index in [1.54, 1.807) is 21.0 Å². The van der Waals surface area contributed by atoms with Gasteiger partial charge in [-0.25, -0.2) is 0 Å². The van der Waals surface area contributed by atoms with Gasteiger partial charge < -0.3 is 19.9 Å². The monoisotopic (exact) mass is 267 g/mol. The van der Waals surface area contributed by atoms with Crippen LogP contribution >= 0.6 is 0 Å². The van der Waals surface area contributed by atoms with Gasteiger partial charge in [0.1, 0.15) is 0 Å². The molecule has 4 heteroatoms. The summed E-state index contributed by atoms with van der Waals surface area (Å²) < 4.78 is 10.4. The average Bonchev–Trinajstić information content (AvgIpc) is 2.34. The molecule has 0 radical (unpaired) electrons. The van der Waals surface area contributed by atoms with Gasteiger partial charge in [-0.15, -0.1) is 0 Å². The van der Waals surface area contributed by atoms with E-state index in [0.29, 0.717) is 19.8 Å². The summed E-state index contributed by atoms with van der Waals surface area (Å²) in [5.74, 6) is 0. The third kappa shape index (κ3) is 6.05. The van der Waals surface area contributed by atoms with Crippen molar-refractivity contribution < 1.29 is 14.6 Å². The maximum atomic E-state index is 9.92. The molecule has 0 fully saturated rings. The van der Waals surface area contributed by atoms with Gasteiger partial charge in [-0.05, 0) is 38.5 Å². The zero-order valence-electron chi connectivity index (χ0n) is 12.3. The fourth-order valence-electron chi connectivity index (χ4n) is 1.51. The van der Waals surface area contributed by atoms with Crippen LogP contribution in [0.2, 0.25) is 0 Å². The largest absolute Gasteiger partial charge is 0.388 e. The second-order valence-corrected chi connectivity index (χ2v) is 5.27. The second kappa shape index (κ2) is 7.48. The van der Waals surface area contributed by atoms with E-state index in [2.05, 4.69) is 5.32 Å². The third-order valence-electron chi connectivity index (χ3n) is 3.07. The molecular weight excluding hydrogens is 242 g/mol. The fourth-order valence-corrected chi connectivity index (χ4v) is 1.51. The lowest BCUT2D eigenvalue weighted by atomic mass is 10.0. The smallest absolute Gasteiger partial charge is 0.0789 e. The molecule has 0 heterocycles. The van der Waals surface area contributed by atoms with Crippen LogP contribution in [0.3, 0.4) is 0 Å². The predicted molar refractivity (Wildman–Crippen MR) is 77.4 cm³/mol. The van der Waals surface area contributed by atoms with Crippen LogP contribution in [0.25, 0.3) is 0 Å². The Morgan fingerprint density at radius 1 is 1.32 bits per heavy atom. The van der Waals surface area contributed by atoms with E-state index in [1.807, 2.05) is 31.2 Å². The zero-order valence-corrected chi connectivity index (χ0v) is 12.3.